The van der Waals surface area contributed by atoms with Gasteiger partial charge in [-0.2, -0.15) is 5.10 Å². The number of halogens is 1. The van der Waals surface area contributed by atoms with Crippen LogP contribution in [0.5, 0.6) is 0 Å². The van der Waals surface area contributed by atoms with Gasteiger partial charge in [-0.25, -0.2) is 0 Å². The van der Waals surface area contributed by atoms with Crippen molar-refractivity contribution in [2.75, 3.05) is 12.4 Å². The van der Waals surface area contributed by atoms with Crippen LogP contribution in [0.25, 0.3) is 0 Å². The van der Waals surface area contributed by atoms with Gasteiger partial charge in [-0.1, -0.05) is 0 Å². The molecule has 0 aromatic carbocycles. The highest BCUT2D eigenvalue weighted by atomic mass is 19.1. The van der Waals surface area contributed by atoms with Crippen molar-refractivity contribution < 1.29 is 9.18 Å². The number of nitrogen functional groups attached to an aromatic ring is 1. The summed E-state index contributed by atoms with van der Waals surface area (Å²) in [6, 6.07) is 0. The van der Waals surface area contributed by atoms with Gasteiger partial charge in [-0.3, -0.25) is 13.9 Å². The fourth-order valence-electron chi connectivity index (χ4n) is 1.29. The van der Waals surface area contributed by atoms with E-state index < -0.39 is 5.91 Å². The SMILES string of the molecule is NC(=O)c1nn(CCCCCF)cc1N. The van der Waals surface area contributed by atoms with Crippen molar-refractivity contribution in [2.24, 2.45) is 5.73 Å². The number of anilines is 1. The minimum Gasteiger partial charge on any atom is -0.396 e. The lowest BCUT2D eigenvalue weighted by atomic mass is 10.2. The maximum absolute atomic E-state index is 11.8. The molecular weight excluding hydrogens is 199 g/mol. The summed E-state index contributed by atoms with van der Waals surface area (Å²) in [4.78, 5) is 10.8. The van der Waals surface area contributed by atoms with Crippen LogP contribution in [0.2, 0.25) is 0 Å². The minimum atomic E-state index is -0.630. The van der Waals surface area contributed by atoms with E-state index >= 15 is 0 Å². The van der Waals surface area contributed by atoms with E-state index in [2.05, 4.69) is 5.10 Å². The second-order valence-corrected chi connectivity index (χ2v) is 3.31. The van der Waals surface area contributed by atoms with Gasteiger partial charge in [0.15, 0.2) is 5.69 Å². The topological polar surface area (TPSA) is 86.9 Å². The summed E-state index contributed by atoms with van der Waals surface area (Å²) in [6.45, 7) is 0.325. The number of primary amides is 1. The van der Waals surface area contributed by atoms with Crippen molar-refractivity contribution in [3.8, 4) is 0 Å². The number of hydrogen-bond acceptors (Lipinski definition) is 3. The number of nitrogens with two attached hydrogens (primary N) is 2. The number of aryl methyl sites for hydroxylation is 1. The van der Waals surface area contributed by atoms with Crippen molar-refractivity contribution >= 4 is 11.6 Å². The molecule has 0 aliphatic rings. The average molecular weight is 214 g/mol. The van der Waals surface area contributed by atoms with Gasteiger partial charge in [-0.05, 0) is 19.3 Å². The molecule has 4 N–H and O–H groups in total. The zero-order valence-electron chi connectivity index (χ0n) is 8.45. The van der Waals surface area contributed by atoms with Gasteiger partial charge in [0.2, 0.25) is 0 Å². The van der Waals surface area contributed by atoms with Gasteiger partial charge in [0.25, 0.3) is 5.91 Å². The molecule has 0 radical (unpaired) electrons. The van der Waals surface area contributed by atoms with Crippen molar-refractivity contribution in [3.63, 3.8) is 0 Å². The molecule has 1 aromatic heterocycles. The molecule has 0 saturated carbocycles. The van der Waals surface area contributed by atoms with Crippen LogP contribution < -0.4 is 11.5 Å². The molecule has 0 unspecified atom stereocenters. The van der Waals surface area contributed by atoms with Gasteiger partial charge >= 0.3 is 0 Å². The first-order valence-corrected chi connectivity index (χ1v) is 4.84. The molecule has 0 bridgehead atoms. The van der Waals surface area contributed by atoms with Gasteiger partial charge < -0.3 is 11.5 Å². The molecule has 1 heterocycles. The first kappa shape index (κ1) is 11.5. The molecule has 0 atom stereocenters. The van der Waals surface area contributed by atoms with E-state index in [-0.39, 0.29) is 18.1 Å². The van der Waals surface area contributed by atoms with Gasteiger partial charge in [0, 0.05) is 12.7 Å². The third-order valence-corrected chi connectivity index (χ3v) is 2.04. The maximum Gasteiger partial charge on any atom is 0.271 e. The van der Waals surface area contributed by atoms with E-state index in [0.29, 0.717) is 13.0 Å². The molecule has 15 heavy (non-hydrogen) atoms. The van der Waals surface area contributed by atoms with Crippen LogP contribution >= 0.6 is 0 Å². The fourth-order valence-corrected chi connectivity index (χ4v) is 1.29. The van der Waals surface area contributed by atoms with Gasteiger partial charge in [0.05, 0.1) is 12.4 Å². The Kier molecular flexibility index (Phi) is 4.08. The Morgan fingerprint density at radius 2 is 2.20 bits per heavy atom. The van der Waals surface area contributed by atoms with Gasteiger partial charge in [0.1, 0.15) is 0 Å². The Morgan fingerprint density at radius 1 is 1.47 bits per heavy atom. The largest absolute Gasteiger partial charge is 0.396 e. The Balaban J connectivity index is 2.48. The lowest BCUT2D eigenvalue weighted by Gasteiger charge is -1.99. The molecule has 0 aliphatic carbocycles. The number of carbonyl (C=O) groups is 1. The normalized spacial score (nSPS) is 10.5. The van der Waals surface area contributed by atoms with Crippen LogP contribution in [0.15, 0.2) is 6.20 Å². The lowest BCUT2D eigenvalue weighted by Crippen LogP contribution is -2.14. The standard InChI is InChI=1S/C9H15FN4O/c10-4-2-1-3-5-14-6-7(11)8(13-14)9(12)15/h6H,1-5,11H2,(H2,12,15). The highest BCUT2D eigenvalue weighted by Gasteiger charge is 2.10. The van der Waals surface area contributed by atoms with E-state index in [1.54, 1.807) is 10.9 Å². The third kappa shape index (κ3) is 3.23. The monoisotopic (exact) mass is 214 g/mol. The summed E-state index contributed by atoms with van der Waals surface area (Å²) in [5, 5.41) is 3.93. The molecule has 1 amide bonds. The Morgan fingerprint density at radius 3 is 2.73 bits per heavy atom. The molecule has 84 valence electrons. The summed E-state index contributed by atoms with van der Waals surface area (Å²) in [5.41, 5.74) is 11.0. The van der Waals surface area contributed by atoms with Crippen LogP contribution in [0.1, 0.15) is 29.8 Å². The summed E-state index contributed by atoms with van der Waals surface area (Å²) in [7, 11) is 0. The molecular formula is C9H15FN4O. The summed E-state index contributed by atoms with van der Waals surface area (Å²) in [5.74, 6) is -0.630. The quantitative estimate of drug-likeness (QED) is 0.683. The molecule has 0 saturated heterocycles. The average Bonchev–Trinajstić information content (AvgIpc) is 2.55. The first-order valence-electron chi connectivity index (χ1n) is 4.84. The Bertz CT molecular complexity index is 337. The van der Waals surface area contributed by atoms with Crippen LogP contribution in [0.4, 0.5) is 10.1 Å². The highest BCUT2D eigenvalue weighted by molar-refractivity contribution is 5.95. The van der Waals surface area contributed by atoms with Crippen LogP contribution in [0, 0.1) is 0 Å². The predicted molar refractivity (Wildman–Crippen MR) is 55.0 cm³/mol. The molecule has 1 aromatic rings. The number of hydrogen-bond donors (Lipinski definition) is 2. The summed E-state index contributed by atoms with van der Waals surface area (Å²) < 4.78 is 13.4. The minimum absolute atomic E-state index is 0.0977. The molecule has 1 rings (SSSR count). The van der Waals surface area contributed by atoms with E-state index in [1.807, 2.05) is 0 Å². The molecule has 0 fully saturated rings. The number of alkyl halides is 1. The number of rotatable bonds is 6. The van der Waals surface area contributed by atoms with E-state index in [9.17, 15) is 9.18 Å². The lowest BCUT2D eigenvalue weighted by molar-refractivity contribution is 0.0995. The van der Waals surface area contributed by atoms with Crippen LogP contribution in [-0.2, 0) is 6.54 Å². The molecule has 5 nitrogen and oxygen atoms in total. The number of unbranched alkanes of at least 4 members (excludes halogenated alkanes) is 2. The molecule has 6 heteroatoms. The van der Waals surface area contributed by atoms with Crippen molar-refractivity contribution in [1.29, 1.82) is 0 Å². The smallest absolute Gasteiger partial charge is 0.271 e. The van der Waals surface area contributed by atoms with E-state index in [4.69, 9.17) is 11.5 Å². The Hall–Kier alpha value is -1.59. The second-order valence-electron chi connectivity index (χ2n) is 3.31. The van der Waals surface area contributed by atoms with Gasteiger partial charge in [-0.15, -0.1) is 0 Å². The van der Waals surface area contributed by atoms with Crippen LogP contribution in [-0.4, -0.2) is 22.4 Å². The van der Waals surface area contributed by atoms with Crippen molar-refractivity contribution in [2.45, 2.75) is 25.8 Å². The van der Waals surface area contributed by atoms with Crippen molar-refractivity contribution in [1.82, 2.24) is 9.78 Å². The zero-order chi connectivity index (χ0) is 11.3. The van der Waals surface area contributed by atoms with Crippen molar-refractivity contribution in [3.05, 3.63) is 11.9 Å². The Labute approximate surface area is 87.2 Å². The third-order valence-electron chi connectivity index (χ3n) is 2.04. The zero-order valence-corrected chi connectivity index (χ0v) is 8.45. The predicted octanol–water partition coefficient (Wildman–Crippen LogP) is 0.704. The number of amides is 1. The fraction of sp³-hybridized carbons (Fsp3) is 0.556. The van der Waals surface area contributed by atoms with E-state index in [0.717, 1.165) is 12.8 Å². The van der Waals surface area contributed by atoms with E-state index in [1.165, 1.54) is 0 Å². The second kappa shape index (κ2) is 5.33. The number of carbonyl (C=O) groups excluding carboxylic acids is 1. The van der Waals surface area contributed by atoms with Crippen LogP contribution in [0.3, 0.4) is 0 Å². The maximum atomic E-state index is 11.8. The summed E-state index contributed by atoms with van der Waals surface area (Å²) >= 11 is 0. The number of aromatic nitrogens is 2. The first-order chi connectivity index (χ1) is 7.15. The summed E-state index contributed by atoms with van der Waals surface area (Å²) in [6.07, 6.45) is 3.72. The highest BCUT2D eigenvalue weighted by Crippen LogP contribution is 2.09. The molecule has 0 aliphatic heterocycles. The number of nitrogens with zero attached hydrogens (tertiary/aromatic N) is 2. The molecule has 0 spiro atoms.